The molecule has 1 amide bonds. The largest absolute Gasteiger partial charge is 0.302 e. The van der Waals surface area contributed by atoms with Crippen molar-refractivity contribution in [1.29, 1.82) is 0 Å². The zero-order chi connectivity index (χ0) is 15.1. The number of carbonyl (C=O) groups excluding carboxylic acids is 1. The molecule has 2 aromatic rings. The number of nitrogens with zero attached hydrogens (tertiary/aromatic N) is 1. The lowest BCUT2D eigenvalue weighted by Gasteiger charge is -2.20. The summed E-state index contributed by atoms with van der Waals surface area (Å²) >= 11 is 8.93. The molecule has 0 spiro atoms. The Labute approximate surface area is 142 Å². The van der Waals surface area contributed by atoms with Crippen LogP contribution in [0.25, 0.3) is 10.6 Å². The molecule has 2 aromatic heterocycles. The van der Waals surface area contributed by atoms with Gasteiger partial charge in [0.1, 0.15) is 0 Å². The van der Waals surface area contributed by atoms with Gasteiger partial charge in [0, 0.05) is 11.8 Å². The Morgan fingerprint density at radius 2 is 2.27 bits per heavy atom. The molecule has 2 aliphatic carbocycles. The topological polar surface area (TPSA) is 42.0 Å². The lowest BCUT2D eigenvalue weighted by atomic mass is 9.86. The maximum Gasteiger partial charge on any atom is 0.226 e. The zero-order valence-electron chi connectivity index (χ0n) is 12.0. The molecule has 0 aliphatic heterocycles. The van der Waals surface area contributed by atoms with E-state index in [1.165, 1.54) is 48.4 Å². The molecular formula is C16H17ClN2OS2. The van der Waals surface area contributed by atoms with Gasteiger partial charge in [0.25, 0.3) is 0 Å². The van der Waals surface area contributed by atoms with Crippen LogP contribution in [-0.4, -0.2) is 10.9 Å². The van der Waals surface area contributed by atoms with E-state index in [0.29, 0.717) is 17.5 Å². The smallest absolute Gasteiger partial charge is 0.226 e. The van der Waals surface area contributed by atoms with Crippen LogP contribution in [0.3, 0.4) is 0 Å². The first-order valence-electron chi connectivity index (χ1n) is 7.68. The summed E-state index contributed by atoms with van der Waals surface area (Å²) in [5.74, 6) is 2.38. The van der Waals surface area contributed by atoms with Crippen molar-refractivity contribution in [3.05, 3.63) is 21.8 Å². The van der Waals surface area contributed by atoms with Crippen LogP contribution in [0.5, 0.6) is 0 Å². The molecule has 3 atom stereocenters. The highest BCUT2D eigenvalue weighted by molar-refractivity contribution is 7.20. The van der Waals surface area contributed by atoms with E-state index in [0.717, 1.165) is 26.7 Å². The Bertz CT molecular complexity index is 696. The van der Waals surface area contributed by atoms with Gasteiger partial charge in [-0.05, 0) is 49.1 Å². The molecule has 1 N–H and O–H groups in total. The highest BCUT2D eigenvalue weighted by Gasteiger charge is 2.40. The fourth-order valence-electron chi connectivity index (χ4n) is 3.93. The third kappa shape index (κ3) is 2.94. The number of anilines is 1. The average molecular weight is 353 g/mol. The Morgan fingerprint density at radius 3 is 2.95 bits per heavy atom. The van der Waals surface area contributed by atoms with Gasteiger partial charge in [0.2, 0.25) is 5.91 Å². The Balaban J connectivity index is 1.37. The van der Waals surface area contributed by atoms with Crippen LogP contribution in [0.1, 0.15) is 32.1 Å². The molecule has 4 rings (SSSR count). The summed E-state index contributed by atoms with van der Waals surface area (Å²) in [6, 6.07) is 3.83. The van der Waals surface area contributed by atoms with E-state index in [4.69, 9.17) is 11.6 Å². The van der Waals surface area contributed by atoms with Crippen molar-refractivity contribution in [2.24, 2.45) is 17.8 Å². The quantitative estimate of drug-likeness (QED) is 0.812. The van der Waals surface area contributed by atoms with E-state index in [-0.39, 0.29) is 5.91 Å². The normalized spacial score (nSPS) is 26.5. The zero-order valence-corrected chi connectivity index (χ0v) is 14.4. The van der Waals surface area contributed by atoms with Crippen molar-refractivity contribution in [3.63, 3.8) is 0 Å². The second-order valence-corrected chi connectivity index (χ2v) is 8.90. The van der Waals surface area contributed by atoms with Gasteiger partial charge in [0.05, 0.1) is 14.9 Å². The predicted octanol–water partition coefficient (Wildman–Crippen LogP) is 5.29. The van der Waals surface area contributed by atoms with E-state index < -0.39 is 0 Å². The van der Waals surface area contributed by atoms with Crippen LogP contribution < -0.4 is 5.32 Å². The van der Waals surface area contributed by atoms with E-state index >= 15 is 0 Å². The molecule has 3 nitrogen and oxygen atoms in total. The predicted molar refractivity (Wildman–Crippen MR) is 92.6 cm³/mol. The minimum absolute atomic E-state index is 0.114. The van der Waals surface area contributed by atoms with E-state index in [1.807, 2.05) is 17.5 Å². The van der Waals surface area contributed by atoms with Crippen LogP contribution >= 0.6 is 34.3 Å². The summed E-state index contributed by atoms with van der Waals surface area (Å²) in [4.78, 5) is 17.8. The molecule has 116 valence electrons. The lowest BCUT2D eigenvalue weighted by molar-refractivity contribution is -0.117. The first-order valence-corrected chi connectivity index (χ1v) is 9.76. The van der Waals surface area contributed by atoms with Crippen molar-refractivity contribution < 1.29 is 4.79 Å². The highest BCUT2D eigenvalue weighted by Crippen LogP contribution is 2.49. The van der Waals surface area contributed by atoms with Gasteiger partial charge in [0.15, 0.2) is 5.13 Å². The number of rotatable bonds is 4. The molecule has 2 heterocycles. The van der Waals surface area contributed by atoms with Gasteiger partial charge in [-0.1, -0.05) is 18.0 Å². The Morgan fingerprint density at radius 1 is 1.36 bits per heavy atom. The number of thiazole rings is 1. The summed E-state index contributed by atoms with van der Waals surface area (Å²) in [6.07, 6.45) is 5.94. The van der Waals surface area contributed by atoms with Crippen LogP contribution in [0.2, 0.25) is 4.34 Å². The molecule has 2 fully saturated rings. The molecule has 0 aromatic carbocycles. The molecule has 3 unspecified atom stereocenters. The van der Waals surface area contributed by atoms with Crippen LogP contribution in [0.15, 0.2) is 17.5 Å². The maximum absolute atomic E-state index is 12.2. The lowest BCUT2D eigenvalue weighted by Crippen LogP contribution is -2.20. The number of aromatic nitrogens is 1. The van der Waals surface area contributed by atoms with Gasteiger partial charge in [-0.3, -0.25) is 4.79 Å². The standard InChI is InChI=1S/C16H17ClN2OS2/c17-14-4-3-13(22-14)12-8-21-16(18-12)19-15(20)7-11-6-9-1-2-10(11)5-9/h3-4,8-11H,1-2,5-7H2,(H,18,19,20). The number of amides is 1. The summed E-state index contributed by atoms with van der Waals surface area (Å²) < 4.78 is 0.755. The van der Waals surface area contributed by atoms with Gasteiger partial charge in [-0.25, -0.2) is 4.98 Å². The summed E-state index contributed by atoms with van der Waals surface area (Å²) in [5.41, 5.74) is 0.886. The number of halogens is 1. The SMILES string of the molecule is O=C(CC1CC2CCC1C2)Nc1nc(-c2ccc(Cl)s2)cs1. The fraction of sp³-hybridized carbons (Fsp3) is 0.500. The second-order valence-electron chi connectivity index (χ2n) is 6.33. The molecule has 22 heavy (non-hydrogen) atoms. The first kappa shape index (κ1) is 14.7. The first-order chi connectivity index (χ1) is 10.7. The second kappa shape index (κ2) is 5.95. The minimum Gasteiger partial charge on any atom is -0.302 e. The van der Waals surface area contributed by atoms with E-state index in [2.05, 4.69) is 10.3 Å². The third-order valence-corrected chi connectivity index (χ3v) is 6.92. The molecule has 0 radical (unpaired) electrons. The van der Waals surface area contributed by atoms with Crippen molar-refractivity contribution in [1.82, 2.24) is 4.98 Å². The van der Waals surface area contributed by atoms with Gasteiger partial charge in [-0.15, -0.1) is 22.7 Å². The molecule has 6 heteroatoms. The minimum atomic E-state index is 0.114. The molecule has 2 bridgehead atoms. The van der Waals surface area contributed by atoms with Crippen LogP contribution in [0, 0.1) is 17.8 Å². The molecule has 2 saturated carbocycles. The van der Waals surface area contributed by atoms with Gasteiger partial charge >= 0.3 is 0 Å². The van der Waals surface area contributed by atoms with Crippen LogP contribution in [-0.2, 0) is 4.79 Å². The van der Waals surface area contributed by atoms with Gasteiger partial charge in [-0.2, -0.15) is 0 Å². The van der Waals surface area contributed by atoms with Crippen molar-refractivity contribution >= 4 is 45.3 Å². The van der Waals surface area contributed by atoms with E-state index in [1.54, 1.807) is 0 Å². The summed E-state index contributed by atoms with van der Waals surface area (Å²) in [6.45, 7) is 0. The van der Waals surface area contributed by atoms with Crippen molar-refractivity contribution in [3.8, 4) is 10.6 Å². The number of hydrogen-bond donors (Lipinski definition) is 1. The molecule has 2 aliphatic rings. The monoisotopic (exact) mass is 352 g/mol. The maximum atomic E-state index is 12.2. The van der Waals surface area contributed by atoms with Crippen LogP contribution in [0.4, 0.5) is 5.13 Å². The Kier molecular flexibility index (Phi) is 3.96. The molecule has 0 saturated heterocycles. The number of carbonyl (C=O) groups is 1. The van der Waals surface area contributed by atoms with E-state index in [9.17, 15) is 4.79 Å². The highest BCUT2D eigenvalue weighted by atomic mass is 35.5. The van der Waals surface area contributed by atoms with Crippen molar-refractivity contribution in [2.75, 3.05) is 5.32 Å². The summed E-state index contributed by atoms with van der Waals surface area (Å²) in [7, 11) is 0. The number of hydrogen-bond acceptors (Lipinski definition) is 4. The number of thiophene rings is 1. The number of fused-ring (bicyclic) bond motifs is 2. The van der Waals surface area contributed by atoms with Crippen molar-refractivity contribution in [2.45, 2.75) is 32.1 Å². The van der Waals surface area contributed by atoms with Gasteiger partial charge < -0.3 is 5.32 Å². The molecular weight excluding hydrogens is 336 g/mol. The number of nitrogens with one attached hydrogen (secondary N) is 1. The summed E-state index contributed by atoms with van der Waals surface area (Å²) in [5, 5.41) is 5.62. The average Bonchev–Trinajstić information content (AvgIpc) is 3.21. The fourth-order valence-corrected chi connectivity index (χ4v) is 5.74. The third-order valence-electron chi connectivity index (χ3n) is 4.91. The Hall–Kier alpha value is -0.910.